The second-order valence-corrected chi connectivity index (χ2v) is 7.28. The fraction of sp³-hybridized carbons (Fsp3) is 0.381. The third-order valence-corrected chi connectivity index (χ3v) is 5.03. The number of nitrogen functional groups attached to an aromatic ring is 1. The largest absolute Gasteiger partial charge is 0.492 e. The number of H-pyrrole nitrogens is 1. The Hall–Kier alpha value is -3.17. The van der Waals surface area contributed by atoms with E-state index in [0.29, 0.717) is 24.4 Å². The lowest BCUT2D eigenvalue weighted by Gasteiger charge is -2.26. The van der Waals surface area contributed by atoms with Crippen LogP contribution in [0, 0.1) is 0 Å². The molecule has 0 saturated carbocycles. The minimum atomic E-state index is -0.305. The van der Waals surface area contributed by atoms with Crippen LogP contribution in [0.25, 0.3) is 11.4 Å². The van der Waals surface area contributed by atoms with Crippen LogP contribution in [0.5, 0.6) is 5.75 Å². The summed E-state index contributed by atoms with van der Waals surface area (Å²) in [5.74, 6) is 0.917. The van der Waals surface area contributed by atoms with Crippen molar-refractivity contribution >= 4 is 5.95 Å². The molecule has 0 amide bonds. The Bertz CT molecular complexity index is 1050. The van der Waals surface area contributed by atoms with Crippen molar-refractivity contribution in [3.8, 4) is 17.1 Å². The van der Waals surface area contributed by atoms with Crippen molar-refractivity contribution in [1.29, 1.82) is 0 Å². The average molecular weight is 410 g/mol. The van der Waals surface area contributed by atoms with Crippen LogP contribution < -0.4 is 16.0 Å². The van der Waals surface area contributed by atoms with E-state index in [2.05, 4.69) is 20.0 Å². The van der Waals surface area contributed by atoms with E-state index in [-0.39, 0.29) is 11.5 Å². The van der Waals surface area contributed by atoms with Gasteiger partial charge in [0.05, 0.1) is 13.2 Å². The predicted octanol–water partition coefficient (Wildman–Crippen LogP) is 1.05. The molecule has 3 heterocycles. The maximum absolute atomic E-state index is 11.8. The molecule has 0 spiro atoms. The summed E-state index contributed by atoms with van der Waals surface area (Å²) in [6, 6.07) is 9.39. The van der Waals surface area contributed by atoms with Gasteiger partial charge in [-0.1, -0.05) is 18.2 Å². The lowest BCUT2D eigenvalue weighted by Crippen LogP contribution is -2.38. The molecule has 0 bridgehead atoms. The van der Waals surface area contributed by atoms with Crippen LogP contribution in [0.15, 0.2) is 41.3 Å². The number of ether oxygens (including phenoxy) is 2. The summed E-state index contributed by atoms with van der Waals surface area (Å²) in [6.07, 6.45) is 2.53. The van der Waals surface area contributed by atoms with Crippen LogP contribution in [0.2, 0.25) is 0 Å². The molecular formula is C21H26N6O3. The molecule has 0 unspecified atom stereocenters. The highest BCUT2D eigenvalue weighted by Gasteiger charge is 2.16. The van der Waals surface area contributed by atoms with Crippen LogP contribution in [-0.4, -0.2) is 64.1 Å². The maximum atomic E-state index is 11.8. The molecule has 3 aromatic rings. The van der Waals surface area contributed by atoms with Gasteiger partial charge in [-0.2, -0.15) is 5.10 Å². The van der Waals surface area contributed by atoms with E-state index in [1.165, 1.54) is 6.07 Å². The molecule has 0 atom stereocenters. The number of hydrogen-bond acceptors (Lipinski definition) is 7. The fourth-order valence-electron chi connectivity index (χ4n) is 3.59. The zero-order chi connectivity index (χ0) is 20.9. The number of aryl methyl sites for hydroxylation is 1. The van der Waals surface area contributed by atoms with E-state index in [4.69, 9.17) is 15.2 Å². The van der Waals surface area contributed by atoms with Gasteiger partial charge in [-0.05, 0) is 11.6 Å². The summed E-state index contributed by atoms with van der Waals surface area (Å²) in [5.41, 5.74) is 8.49. The topological polar surface area (TPSA) is 111 Å². The lowest BCUT2D eigenvalue weighted by atomic mass is 10.0. The average Bonchev–Trinajstić information content (AvgIpc) is 3.09. The van der Waals surface area contributed by atoms with Crippen LogP contribution >= 0.6 is 0 Å². The van der Waals surface area contributed by atoms with Gasteiger partial charge in [0.25, 0.3) is 5.56 Å². The third-order valence-electron chi connectivity index (χ3n) is 5.03. The normalized spacial score (nSPS) is 14.7. The fourth-order valence-corrected chi connectivity index (χ4v) is 3.59. The molecular weight excluding hydrogens is 384 g/mol. The van der Waals surface area contributed by atoms with E-state index in [0.717, 1.165) is 49.7 Å². The van der Waals surface area contributed by atoms with E-state index in [1.54, 1.807) is 4.68 Å². The summed E-state index contributed by atoms with van der Waals surface area (Å²) in [7, 11) is 1.84. The molecule has 158 valence electrons. The van der Waals surface area contributed by atoms with E-state index < -0.39 is 0 Å². The van der Waals surface area contributed by atoms with Crippen molar-refractivity contribution in [1.82, 2.24) is 24.6 Å². The highest BCUT2D eigenvalue weighted by molar-refractivity contribution is 5.60. The van der Waals surface area contributed by atoms with Crippen molar-refractivity contribution < 1.29 is 9.47 Å². The first-order valence-corrected chi connectivity index (χ1v) is 9.99. The van der Waals surface area contributed by atoms with Gasteiger partial charge in [0.15, 0.2) is 0 Å². The van der Waals surface area contributed by atoms with Gasteiger partial charge in [-0.3, -0.25) is 19.4 Å². The number of benzene rings is 1. The summed E-state index contributed by atoms with van der Waals surface area (Å²) in [6.45, 7) is 4.92. The van der Waals surface area contributed by atoms with Gasteiger partial charge >= 0.3 is 0 Å². The van der Waals surface area contributed by atoms with Crippen molar-refractivity contribution in [3.05, 3.63) is 58.0 Å². The van der Waals surface area contributed by atoms with Gasteiger partial charge in [0.1, 0.15) is 23.7 Å². The minimum absolute atomic E-state index is 0.0703. The van der Waals surface area contributed by atoms with Crippen LogP contribution in [0.4, 0.5) is 5.95 Å². The SMILES string of the molecule is Cn1cc(Cc2ccccc2OCCN2CCOCC2)c(-c2cc(=O)[nH]c(N)n2)n1. The smallest absolute Gasteiger partial charge is 0.252 e. The number of para-hydroxylation sites is 1. The number of aromatic nitrogens is 4. The molecule has 9 heteroatoms. The Balaban J connectivity index is 1.51. The van der Waals surface area contributed by atoms with Crippen LogP contribution in [0.3, 0.4) is 0 Å². The summed E-state index contributed by atoms with van der Waals surface area (Å²) in [4.78, 5) is 20.9. The maximum Gasteiger partial charge on any atom is 0.252 e. The quantitative estimate of drug-likeness (QED) is 0.599. The molecule has 1 saturated heterocycles. The molecule has 1 aromatic carbocycles. The molecule has 30 heavy (non-hydrogen) atoms. The number of nitrogens with one attached hydrogen (secondary N) is 1. The summed E-state index contributed by atoms with van der Waals surface area (Å²) in [5, 5.41) is 4.50. The van der Waals surface area contributed by atoms with Crippen molar-refractivity contribution in [2.24, 2.45) is 7.05 Å². The molecule has 4 rings (SSSR count). The molecule has 0 aliphatic carbocycles. The zero-order valence-electron chi connectivity index (χ0n) is 17.0. The van der Waals surface area contributed by atoms with Crippen LogP contribution in [0.1, 0.15) is 11.1 Å². The number of morpholine rings is 1. The second kappa shape index (κ2) is 9.10. The molecule has 1 aliphatic rings. The van der Waals surface area contributed by atoms with E-state index >= 15 is 0 Å². The van der Waals surface area contributed by atoms with E-state index in [1.807, 2.05) is 37.5 Å². The molecule has 0 radical (unpaired) electrons. The van der Waals surface area contributed by atoms with Gasteiger partial charge in [0.2, 0.25) is 5.95 Å². The Kier molecular flexibility index (Phi) is 6.10. The minimum Gasteiger partial charge on any atom is -0.492 e. The number of hydrogen-bond donors (Lipinski definition) is 2. The summed E-state index contributed by atoms with van der Waals surface area (Å²) >= 11 is 0. The Morgan fingerprint density at radius 1 is 1.23 bits per heavy atom. The van der Waals surface area contributed by atoms with Gasteiger partial charge < -0.3 is 15.2 Å². The van der Waals surface area contributed by atoms with Crippen molar-refractivity contribution in [2.45, 2.75) is 6.42 Å². The van der Waals surface area contributed by atoms with Gasteiger partial charge in [0, 0.05) is 50.9 Å². The van der Waals surface area contributed by atoms with Gasteiger partial charge in [-0.15, -0.1) is 0 Å². The van der Waals surface area contributed by atoms with Crippen LogP contribution in [-0.2, 0) is 18.2 Å². The first kappa shape index (κ1) is 20.1. The molecule has 1 aliphatic heterocycles. The second-order valence-electron chi connectivity index (χ2n) is 7.28. The zero-order valence-corrected chi connectivity index (χ0v) is 17.0. The summed E-state index contributed by atoms with van der Waals surface area (Å²) < 4.78 is 13.2. The molecule has 1 fully saturated rings. The lowest BCUT2D eigenvalue weighted by molar-refractivity contribution is 0.0322. The monoisotopic (exact) mass is 410 g/mol. The number of rotatable bonds is 7. The first-order valence-electron chi connectivity index (χ1n) is 9.99. The number of anilines is 1. The number of aromatic amines is 1. The molecule has 9 nitrogen and oxygen atoms in total. The Labute approximate surface area is 174 Å². The molecule has 2 aromatic heterocycles. The van der Waals surface area contributed by atoms with Crippen molar-refractivity contribution in [2.75, 3.05) is 45.2 Å². The third kappa shape index (κ3) is 4.87. The first-order chi connectivity index (χ1) is 14.6. The number of nitrogens with two attached hydrogens (primary N) is 1. The predicted molar refractivity (Wildman–Crippen MR) is 113 cm³/mol. The van der Waals surface area contributed by atoms with E-state index in [9.17, 15) is 4.79 Å². The Morgan fingerprint density at radius 3 is 2.83 bits per heavy atom. The highest BCUT2D eigenvalue weighted by Crippen LogP contribution is 2.26. The Morgan fingerprint density at radius 2 is 2.03 bits per heavy atom. The highest BCUT2D eigenvalue weighted by atomic mass is 16.5. The standard InChI is InChI=1S/C21H26N6O3/c1-26-14-16(20(25-26)17-13-19(28)24-21(22)23-17)12-15-4-2-3-5-18(15)30-11-8-27-6-9-29-10-7-27/h2-5,13-14H,6-12H2,1H3,(H3,22,23,24,28). The molecule has 3 N–H and O–H groups in total. The number of nitrogens with zero attached hydrogens (tertiary/aromatic N) is 4. The van der Waals surface area contributed by atoms with Gasteiger partial charge in [-0.25, -0.2) is 4.98 Å². The van der Waals surface area contributed by atoms with Crippen molar-refractivity contribution in [3.63, 3.8) is 0 Å².